The van der Waals surface area contributed by atoms with Gasteiger partial charge in [0.1, 0.15) is 0 Å². The normalized spacial score (nSPS) is 20.6. The van der Waals surface area contributed by atoms with Crippen molar-refractivity contribution in [2.24, 2.45) is 0 Å². The molecule has 1 fully saturated rings. The number of piperidine rings is 1. The fourth-order valence-corrected chi connectivity index (χ4v) is 5.69. The van der Waals surface area contributed by atoms with E-state index < -0.39 is 5.97 Å². The molecule has 4 rings (SSSR count). The third kappa shape index (κ3) is 6.27. The molecule has 2 aliphatic heterocycles. The van der Waals surface area contributed by atoms with Gasteiger partial charge in [0.25, 0.3) is 0 Å². The molecular formula is C26H30Cl3N3O2. The van der Waals surface area contributed by atoms with Gasteiger partial charge in [-0.05, 0) is 73.7 Å². The molecule has 5 nitrogen and oxygen atoms in total. The first-order valence-electron chi connectivity index (χ1n) is 11.7. The van der Waals surface area contributed by atoms with Gasteiger partial charge in [-0.2, -0.15) is 0 Å². The minimum atomic E-state index is -0.749. The fraction of sp³-hybridized carbons (Fsp3) is 0.423. The van der Waals surface area contributed by atoms with Gasteiger partial charge in [0.2, 0.25) is 0 Å². The van der Waals surface area contributed by atoms with Crippen LogP contribution in [0.4, 0.5) is 5.69 Å². The summed E-state index contributed by atoms with van der Waals surface area (Å²) in [7, 11) is 0. The Bertz CT molecular complexity index is 1080. The monoisotopic (exact) mass is 521 g/mol. The molecule has 2 heterocycles. The van der Waals surface area contributed by atoms with Crippen LogP contribution in [0.2, 0.25) is 15.1 Å². The van der Waals surface area contributed by atoms with E-state index in [2.05, 4.69) is 33.3 Å². The summed E-state index contributed by atoms with van der Waals surface area (Å²) in [6, 6.07) is 12.0. The Hall–Kier alpha value is -1.76. The van der Waals surface area contributed by atoms with E-state index in [0.29, 0.717) is 21.1 Å². The number of halogens is 3. The van der Waals surface area contributed by atoms with Crippen molar-refractivity contribution < 1.29 is 9.90 Å². The Morgan fingerprint density at radius 3 is 2.68 bits per heavy atom. The zero-order valence-corrected chi connectivity index (χ0v) is 21.5. The third-order valence-electron chi connectivity index (χ3n) is 6.73. The highest BCUT2D eigenvalue weighted by atomic mass is 35.5. The molecule has 2 N–H and O–H groups in total. The number of aliphatic carboxylic acids is 1. The first-order chi connectivity index (χ1) is 16.3. The average molecular weight is 523 g/mol. The standard InChI is InChI=1S/C26H30Cl3N3O2/c1-17(22-6-5-20(27)14-24(22)29)30-25-13-19(4-7-23(25)28)18-8-11-32(12-9-18)21-3-2-10-31(15-21)16-26(33)34/h4-8,13-14,17,21,30H,2-3,9-12,15-16H2,1H3,(H,33,34)/t17-,21?/m1/s1. The molecular weight excluding hydrogens is 493 g/mol. The van der Waals surface area contributed by atoms with E-state index in [1.165, 1.54) is 5.57 Å². The largest absolute Gasteiger partial charge is 0.480 e. The van der Waals surface area contributed by atoms with Crippen molar-refractivity contribution in [2.75, 3.05) is 38.0 Å². The van der Waals surface area contributed by atoms with Crippen molar-refractivity contribution in [3.8, 4) is 0 Å². The summed E-state index contributed by atoms with van der Waals surface area (Å²) in [5.74, 6) is -0.749. The van der Waals surface area contributed by atoms with Gasteiger partial charge >= 0.3 is 5.97 Å². The summed E-state index contributed by atoms with van der Waals surface area (Å²) in [6.45, 7) is 5.73. The van der Waals surface area contributed by atoms with Crippen LogP contribution >= 0.6 is 34.8 Å². The molecule has 34 heavy (non-hydrogen) atoms. The highest BCUT2D eigenvalue weighted by molar-refractivity contribution is 6.35. The first-order valence-corrected chi connectivity index (χ1v) is 12.8. The van der Waals surface area contributed by atoms with Crippen LogP contribution in [0.15, 0.2) is 42.5 Å². The second-order valence-corrected chi connectivity index (χ2v) is 10.4. The van der Waals surface area contributed by atoms with Crippen molar-refractivity contribution in [3.05, 3.63) is 68.7 Å². The topological polar surface area (TPSA) is 55.8 Å². The molecule has 2 aliphatic rings. The Balaban J connectivity index is 1.42. The number of carbonyl (C=O) groups is 1. The molecule has 1 unspecified atom stereocenters. The van der Waals surface area contributed by atoms with Crippen molar-refractivity contribution in [1.82, 2.24) is 9.80 Å². The molecule has 2 atom stereocenters. The van der Waals surface area contributed by atoms with E-state index in [9.17, 15) is 4.79 Å². The van der Waals surface area contributed by atoms with Crippen LogP contribution in [0.5, 0.6) is 0 Å². The molecule has 0 saturated carbocycles. The summed E-state index contributed by atoms with van der Waals surface area (Å²) < 4.78 is 0. The predicted octanol–water partition coefficient (Wildman–Crippen LogP) is 6.46. The van der Waals surface area contributed by atoms with Gasteiger partial charge < -0.3 is 10.4 Å². The van der Waals surface area contributed by atoms with Crippen LogP contribution in [0, 0.1) is 0 Å². The number of carboxylic acids is 1. The molecule has 182 valence electrons. The van der Waals surface area contributed by atoms with Gasteiger partial charge in [-0.15, -0.1) is 0 Å². The molecule has 2 aromatic rings. The van der Waals surface area contributed by atoms with Crippen LogP contribution in [0.1, 0.15) is 43.4 Å². The summed E-state index contributed by atoms with van der Waals surface area (Å²) in [4.78, 5) is 15.6. The summed E-state index contributed by atoms with van der Waals surface area (Å²) >= 11 is 18.9. The number of nitrogens with zero attached hydrogens (tertiary/aromatic N) is 2. The van der Waals surface area contributed by atoms with Gasteiger partial charge in [0.15, 0.2) is 0 Å². The van der Waals surface area contributed by atoms with Crippen LogP contribution in [-0.4, -0.2) is 59.6 Å². The van der Waals surface area contributed by atoms with Gasteiger partial charge in [-0.3, -0.25) is 14.6 Å². The number of rotatable bonds is 7. The van der Waals surface area contributed by atoms with Crippen LogP contribution in [0.25, 0.3) is 5.57 Å². The lowest BCUT2D eigenvalue weighted by Gasteiger charge is -2.40. The molecule has 2 aromatic carbocycles. The molecule has 0 radical (unpaired) electrons. The van der Waals surface area contributed by atoms with Crippen LogP contribution < -0.4 is 5.32 Å². The fourth-order valence-electron chi connectivity index (χ4n) is 4.94. The lowest BCUT2D eigenvalue weighted by atomic mass is 9.96. The van der Waals surface area contributed by atoms with Crippen molar-refractivity contribution in [3.63, 3.8) is 0 Å². The minimum Gasteiger partial charge on any atom is -0.480 e. The van der Waals surface area contributed by atoms with E-state index in [0.717, 1.165) is 62.3 Å². The second-order valence-electron chi connectivity index (χ2n) is 9.13. The SMILES string of the molecule is C[C@@H](Nc1cc(C2=CCN(C3CCCN(CC(=O)O)C3)CC2)ccc1Cl)c1ccc(Cl)cc1Cl. The number of hydrogen-bond acceptors (Lipinski definition) is 4. The highest BCUT2D eigenvalue weighted by Crippen LogP contribution is 2.34. The minimum absolute atomic E-state index is 0.0339. The van der Waals surface area contributed by atoms with Crippen molar-refractivity contribution in [2.45, 2.75) is 38.3 Å². The number of anilines is 1. The number of nitrogens with one attached hydrogen (secondary N) is 1. The molecule has 0 bridgehead atoms. The summed E-state index contributed by atoms with van der Waals surface area (Å²) in [5, 5.41) is 14.5. The Morgan fingerprint density at radius 2 is 1.97 bits per heavy atom. The zero-order chi connectivity index (χ0) is 24.2. The van der Waals surface area contributed by atoms with Gasteiger partial charge in [0.05, 0.1) is 23.3 Å². The molecule has 0 aliphatic carbocycles. The van der Waals surface area contributed by atoms with E-state index in [1.807, 2.05) is 25.1 Å². The van der Waals surface area contributed by atoms with Crippen molar-refractivity contribution >= 4 is 52.0 Å². The molecule has 0 aromatic heterocycles. The summed E-state index contributed by atoms with van der Waals surface area (Å²) in [5.41, 5.74) is 4.31. The molecule has 0 spiro atoms. The maximum atomic E-state index is 11.1. The van der Waals surface area contributed by atoms with Crippen LogP contribution in [-0.2, 0) is 4.79 Å². The molecule has 8 heteroatoms. The lowest BCUT2D eigenvalue weighted by molar-refractivity contribution is -0.138. The number of hydrogen-bond donors (Lipinski definition) is 2. The number of likely N-dealkylation sites (tertiary alicyclic amines) is 1. The lowest BCUT2D eigenvalue weighted by Crippen LogP contribution is -2.50. The van der Waals surface area contributed by atoms with E-state index in [1.54, 1.807) is 6.07 Å². The van der Waals surface area contributed by atoms with Gasteiger partial charge in [0, 0.05) is 35.7 Å². The summed E-state index contributed by atoms with van der Waals surface area (Å²) in [6.07, 6.45) is 5.42. The third-order valence-corrected chi connectivity index (χ3v) is 7.63. The van der Waals surface area contributed by atoms with E-state index >= 15 is 0 Å². The molecule has 0 amide bonds. The van der Waals surface area contributed by atoms with Crippen LogP contribution in [0.3, 0.4) is 0 Å². The Morgan fingerprint density at radius 1 is 1.15 bits per heavy atom. The number of carboxylic acid groups (broad SMARTS) is 1. The van der Waals surface area contributed by atoms with Gasteiger partial charge in [-0.25, -0.2) is 0 Å². The maximum Gasteiger partial charge on any atom is 0.317 e. The second kappa shape index (κ2) is 11.3. The number of benzene rings is 2. The smallest absolute Gasteiger partial charge is 0.317 e. The average Bonchev–Trinajstić information content (AvgIpc) is 2.80. The first kappa shape index (κ1) is 25.3. The predicted molar refractivity (Wildman–Crippen MR) is 141 cm³/mol. The quantitative estimate of drug-likeness (QED) is 0.437. The molecule has 1 saturated heterocycles. The Labute approximate surface area is 216 Å². The Kier molecular flexibility index (Phi) is 8.43. The van der Waals surface area contributed by atoms with Crippen molar-refractivity contribution in [1.29, 1.82) is 0 Å². The van der Waals surface area contributed by atoms with E-state index in [-0.39, 0.29) is 12.6 Å². The van der Waals surface area contributed by atoms with Gasteiger partial charge in [-0.1, -0.05) is 53.0 Å². The highest BCUT2D eigenvalue weighted by Gasteiger charge is 2.27. The van der Waals surface area contributed by atoms with E-state index in [4.69, 9.17) is 39.9 Å². The maximum absolute atomic E-state index is 11.1. The zero-order valence-electron chi connectivity index (χ0n) is 19.2.